The van der Waals surface area contributed by atoms with Crippen LogP contribution in [0, 0.1) is 170 Å². The molecule has 58 heavy (non-hydrogen) atoms. The van der Waals surface area contributed by atoms with Gasteiger partial charge in [-0.25, -0.2) is 0 Å². The van der Waals surface area contributed by atoms with Gasteiger partial charge in [-0.3, -0.25) is 9.59 Å². The lowest BCUT2D eigenvalue weighted by Crippen LogP contribution is -2.26. The van der Waals surface area contributed by atoms with Crippen LogP contribution in [0.15, 0.2) is 0 Å². The molecule has 0 N–H and O–H groups in total. The molecule has 0 heterocycles. The number of esters is 1. The topological polar surface area (TPSA) is 52.6 Å². The highest BCUT2D eigenvalue weighted by atomic mass is 16.6. The largest absolute Gasteiger partial charge is 0.460 e. The molecule has 0 aliphatic carbocycles. The Bertz CT molecular complexity index is 2080. The fourth-order valence-electron chi connectivity index (χ4n) is 2.98. The minimum atomic E-state index is -0.386. The summed E-state index contributed by atoms with van der Waals surface area (Å²) in [5, 5.41) is 0. The molecule has 0 aromatic carbocycles. The van der Waals surface area contributed by atoms with Crippen LogP contribution in [0.25, 0.3) is 0 Å². The van der Waals surface area contributed by atoms with Crippen LogP contribution in [0.1, 0.15) is 135 Å². The van der Waals surface area contributed by atoms with Gasteiger partial charge in [-0.15, -0.1) is 0 Å². The highest BCUT2D eigenvalue weighted by Gasteiger charge is 2.27. The minimum absolute atomic E-state index is 0.139. The smallest absolute Gasteiger partial charge is 0.306 e. The van der Waals surface area contributed by atoms with Gasteiger partial charge in [-0.05, 0) is 153 Å². The van der Waals surface area contributed by atoms with Crippen molar-refractivity contribution in [3.05, 3.63) is 0 Å². The van der Waals surface area contributed by atoms with Gasteiger partial charge in [0.2, 0.25) is 0 Å². The van der Waals surface area contributed by atoms with Crippen LogP contribution in [0.4, 0.5) is 0 Å². The molecule has 4 heteroatoms. The lowest BCUT2D eigenvalue weighted by molar-refractivity contribution is -0.155. The molecule has 4 nitrogen and oxygen atoms in total. The average molecular weight is 771 g/mol. The van der Waals surface area contributed by atoms with Crippen LogP contribution in [-0.2, 0) is 19.1 Å². The summed E-state index contributed by atoms with van der Waals surface area (Å²) in [5.74, 6) is 65.8. The number of ketones is 1. The van der Waals surface area contributed by atoms with E-state index in [0.717, 1.165) is 32.3 Å². The normalized spacial score (nSPS) is 8.52. The van der Waals surface area contributed by atoms with E-state index in [9.17, 15) is 9.59 Å². The summed E-state index contributed by atoms with van der Waals surface area (Å²) in [4.78, 5) is 23.1. The van der Waals surface area contributed by atoms with Gasteiger partial charge in [-0.2, -0.15) is 0 Å². The second kappa shape index (κ2) is 34.8. The first-order valence-electron chi connectivity index (χ1n) is 18.9. The van der Waals surface area contributed by atoms with Crippen LogP contribution >= 0.6 is 0 Å². The molecule has 0 saturated heterocycles. The summed E-state index contributed by atoms with van der Waals surface area (Å²) in [7, 11) is 0. The third kappa shape index (κ3) is 45.5. The van der Waals surface area contributed by atoms with Gasteiger partial charge in [-0.1, -0.05) is 87.0 Å². The Balaban J connectivity index is -0.000000860. The van der Waals surface area contributed by atoms with Crippen LogP contribution in [0.3, 0.4) is 0 Å². The van der Waals surface area contributed by atoms with Crippen molar-refractivity contribution in [1.29, 1.82) is 0 Å². The van der Waals surface area contributed by atoms with Gasteiger partial charge in [0, 0.05) is 78.8 Å². The van der Waals surface area contributed by atoms with Crippen LogP contribution < -0.4 is 0 Å². The maximum atomic E-state index is 11.6. The van der Waals surface area contributed by atoms with E-state index in [1.165, 1.54) is 0 Å². The fourth-order valence-corrected chi connectivity index (χ4v) is 2.98. The molecule has 0 aliphatic rings. The minimum Gasteiger partial charge on any atom is -0.460 e. The number of ether oxygens (including phenoxy) is 2. The summed E-state index contributed by atoms with van der Waals surface area (Å²) >= 11 is 0. The van der Waals surface area contributed by atoms with Gasteiger partial charge >= 0.3 is 5.97 Å². The van der Waals surface area contributed by atoms with Crippen molar-refractivity contribution in [3.8, 4) is 154 Å². The summed E-state index contributed by atoms with van der Waals surface area (Å²) in [5.41, 5.74) is -0.0366. The molecule has 0 rings (SSSR count). The lowest BCUT2D eigenvalue weighted by atomic mass is 9.78. The molecule has 0 bridgehead atoms. The Kier molecular flexibility index (Phi) is 33.5. The molecule has 0 saturated carbocycles. The van der Waals surface area contributed by atoms with Crippen molar-refractivity contribution in [3.63, 3.8) is 0 Å². The van der Waals surface area contributed by atoms with E-state index >= 15 is 0 Å². The standard InChI is InChI=1S/C28H6.C15H30O3.C11H22O/c1-3-5-7-9-11-13-15-17-19-21-23-25-27-28-26-24-22-20-18-16-14-12-10-8-6-4-2;1-7-15(5,6)10-12-17-11-8-9-13(16)18-14(2,3)4;1-7-11(5,6)8-9(12)10(2,3)4/h1-2H3;7-12H2,1-6H3;7-8H2,1-6H3. The monoisotopic (exact) mass is 770 g/mol. The van der Waals surface area contributed by atoms with Gasteiger partial charge in [0.25, 0.3) is 0 Å². The van der Waals surface area contributed by atoms with Crippen molar-refractivity contribution in [1.82, 2.24) is 0 Å². The van der Waals surface area contributed by atoms with E-state index in [1.807, 2.05) is 41.5 Å². The molecule has 0 unspecified atom stereocenters. The summed E-state index contributed by atoms with van der Waals surface area (Å²) < 4.78 is 10.8. The third-order valence-electron chi connectivity index (χ3n) is 7.09. The van der Waals surface area contributed by atoms with Crippen LogP contribution in [0.2, 0.25) is 0 Å². The van der Waals surface area contributed by atoms with E-state index < -0.39 is 0 Å². The first-order chi connectivity index (χ1) is 27.3. The molecule has 0 fully saturated rings. The second-order valence-electron chi connectivity index (χ2n) is 15.4. The highest BCUT2D eigenvalue weighted by molar-refractivity contribution is 5.84. The molecule has 0 amide bonds. The Labute approximate surface area is 354 Å². The van der Waals surface area contributed by atoms with Crippen molar-refractivity contribution in [2.45, 2.75) is 141 Å². The van der Waals surface area contributed by atoms with Crippen molar-refractivity contribution in [2.75, 3.05) is 13.2 Å². The Morgan fingerprint density at radius 1 is 0.448 bits per heavy atom. The molecular formula is C54H58O4. The molecule has 0 aromatic heterocycles. The van der Waals surface area contributed by atoms with Gasteiger partial charge < -0.3 is 9.47 Å². The highest BCUT2D eigenvalue weighted by Crippen LogP contribution is 2.29. The number of hydrogen-bond donors (Lipinski definition) is 0. The Morgan fingerprint density at radius 3 is 1.02 bits per heavy atom. The summed E-state index contributed by atoms with van der Waals surface area (Å²) in [6.45, 7) is 29.5. The summed E-state index contributed by atoms with van der Waals surface area (Å²) in [6, 6.07) is 0. The van der Waals surface area contributed by atoms with Crippen LogP contribution in [0.5, 0.6) is 0 Å². The zero-order chi connectivity index (χ0) is 44.6. The average Bonchev–Trinajstić information content (AvgIpc) is 3.14. The fraction of sp³-hybridized carbons (Fsp3) is 0.481. The molecule has 0 radical (unpaired) electrons. The van der Waals surface area contributed by atoms with E-state index in [-0.39, 0.29) is 22.4 Å². The quantitative estimate of drug-likeness (QED) is 0.120. The SMILES string of the molecule is CC#CC#CC#CC#CC#CC#CC#CC#CC#CC#CC#CC#CC#CC.CCC(C)(C)CC(=O)C(C)(C)C.CCC(C)(C)CCOCCCC(=O)OC(C)(C)C. The number of rotatable bonds is 11. The maximum absolute atomic E-state index is 11.6. The lowest BCUT2D eigenvalue weighted by Gasteiger charge is -2.26. The molecule has 0 aromatic rings. The van der Waals surface area contributed by atoms with Crippen molar-refractivity contribution >= 4 is 11.8 Å². The predicted octanol–water partition coefficient (Wildman–Crippen LogP) is 8.45. The maximum Gasteiger partial charge on any atom is 0.306 e. The van der Waals surface area contributed by atoms with E-state index in [2.05, 4.69) is 195 Å². The summed E-state index contributed by atoms with van der Waals surface area (Å²) in [6.07, 6.45) is 5.17. The molecular weight excluding hydrogens is 713 g/mol. The number of Topliss-reactive ketones (excluding diaryl/α,β-unsaturated/α-hetero) is 1. The Morgan fingerprint density at radius 2 is 0.759 bits per heavy atom. The first kappa shape index (κ1) is 55.7. The zero-order valence-electron chi connectivity index (χ0n) is 37.3. The van der Waals surface area contributed by atoms with Crippen LogP contribution in [-0.4, -0.2) is 30.6 Å². The molecule has 0 spiro atoms. The van der Waals surface area contributed by atoms with Crippen molar-refractivity contribution < 1.29 is 19.1 Å². The van der Waals surface area contributed by atoms with Gasteiger partial charge in [0.1, 0.15) is 11.4 Å². The first-order valence-corrected chi connectivity index (χ1v) is 18.9. The molecule has 0 aliphatic heterocycles. The van der Waals surface area contributed by atoms with E-state index in [4.69, 9.17) is 9.47 Å². The zero-order valence-corrected chi connectivity index (χ0v) is 37.3. The van der Waals surface area contributed by atoms with Gasteiger partial charge in [0.15, 0.2) is 0 Å². The van der Waals surface area contributed by atoms with E-state index in [1.54, 1.807) is 13.8 Å². The number of carbonyl (C=O) groups excluding carboxylic acids is 2. The van der Waals surface area contributed by atoms with Gasteiger partial charge in [0.05, 0.1) is 0 Å². The second-order valence-corrected chi connectivity index (χ2v) is 15.4. The van der Waals surface area contributed by atoms with Crippen molar-refractivity contribution in [2.24, 2.45) is 16.2 Å². The third-order valence-corrected chi connectivity index (χ3v) is 7.09. The Hall–Kier alpha value is -6.62. The molecule has 298 valence electrons. The molecule has 0 atom stereocenters. The number of hydrogen-bond acceptors (Lipinski definition) is 4. The number of carbonyl (C=O) groups is 2. The van der Waals surface area contributed by atoms with E-state index in [0.29, 0.717) is 30.6 Å². The predicted molar refractivity (Wildman–Crippen MR) is 240 cm³/mol.